The first-order valence-corrected chi connectivity index (χ1v) is 10.7. The van der Waals surface area contributed by atoms with Crippen LogP contribution in [0.2, 0.25) is 0 Å². The minimum atomic E-state index is -3.25. The van der Waals surface area contributed by atoms with E-state index in [4.69, 9.17) is 0 Å². The summed E-state index contributed by atoms with van der Waals surface area (Å²) in [5, 5.41) is 3.08. The molecule has 138 valence electrons. The number of halogens is 1. The second kappa shape index (κ2) is 7.03. The van der Waals surface area contributed by atoms with Crippen molar-refractivity contribution in [3.05, 3.63) is 35.6 Å². The molecule has 25 heavy (non-hydrogen) atoms. The minimum absolute atomic E-state index is 0.0584. The number of hydrogen-bond donors (Lipinski definition) is 1. The summed E-state index contributed by atoms with van der Waals surface area (Å²) in [4.78, 5) is 13.1. The van der Waals surface area contributed by atoms with Gasteiger partial charge in [-0.2, -0.15) is 0 Å². The number of carbonyl (C=O) groups excluding carboxylic acids is 1. The molecule has 1 heterocycles. The molecule has 7 heteroatoms. The molecule has 0 aromatic heterocycles. The van der Waals surface area contributed by atoms with Gasteiger partial charge in [0, 0.05) is 19.1 Å². The smallest absolute Gasteiger partial charge is 0.230 e. The number of carbonyl (C=O) groups is 1. The van der Waals surface area contributed by atoms with E-state index in [0.717, 1.165) is 44.1 Å². The predicted octanol–water partition coefficient (Wildman–Crippen LogP) is 2.18. The van der Waals surface area contributed by atoms with E-state index >= 15 is 0 Å². The van der Waals surface area contributed by atoms with Crippen LogP contribution >= 0.6 is 0 Å². The first-order chi connectivity index (χ1) is 11.8. The highest BCUT2D eigenvalue weighted by atomic mass is 32.2. The number of nitrogens with one attached hydrogen (secondary N) is 1. The number of nitrogens with zero attached hydrogens (tertiary/aromatic N) is 1. The third kappa shape index (κ3) is 3.87. The van der Waals surface area contributed by atoms with Crippen LogP contribution in [-0.2, 0) is 20.2 Å². The Morgan fingerprint density at radius 2 is 1.84 bits per heavy atom. The maximum atomic E-state index is 13.3. The molecule has 2 fully saturated rings. The van der Waals surface area contributed by atoms with E-state index in [2.05, 4.69) is 5.32 Å². The van der Waals surface area contributed by atoms with Crippen molar-refractivity contribution in [2.45, 2.75) is 50.0 Å². The van der Waals surface area contributed by atoms with Gasteiger partial charge in [0.05, 0.1) is 11.7 Å². The highest BCUT2D eigenvalue weighted by Gasteiger charge is 2.43. The Kier molecular flexibility index (Phi) is 5.16. The maximum absolute atomic E-state index is 13.3. The van der Waals surface area contributed by atoms with Gasteiger partial charge >= 0.3 is 0 Å². The Balaban J connectivity index is 1.77. The zero-order valence-electron chi connectivity index (χ0n) is 14.5. The van der Waals surface area contributed by atoms with Gasteiger partial charge in [-0.15, -0.1) is 0 Å². The van der Waals surface area contributed by atoms with Gasteiger partial charge in [0.2, 0.25) is 15.9 Å². The molecule has 0 unspecified atom stereocenters. The Hall–Kier alpha value is -1.47. The van der Waals surface area contributed by atoms with Crippen molar-refractivity contribution in [3.8, 4) is 0 Å². The average Bonchev–Trinajstić information content (AvgIpc) is 3.06. The quantitative estimate of drug-likeness (QED) is 0.886. The summed E-state index contributed by atoms with van der Waals surface area (Å²) in [6.07, 6.45) is 6.13. The first kappa shape index (κ1) is 18.3. The number of rotatable bonds is 4. The third-order valence-electron chi connectivity index (χ3n) is 5.48. The molecule has 0 bridgehead atoms. The van der Waals surface area contributed by atoms with Gasteiger partial charge in [-0.3, -0.25) is 4.79 Å². The molecule has 1 N–H and O–H groups in total. The Bertz CT molecular complexity index is 727. The normalized spacial score (nSPS) is 24.2. The molecule has 1 saturated carbocycles. The number of amides is 1. The van der Waals surface area contributed by atoms with Gasteiger partial charge in [-0.25, -0.2) is 17.1 Å². The fourth-order valence-electron chi connectivity index (χ4n) is 4.08. The van der Waals surface area contributed by atoms with E-state index in [9.17, 15) is 17.6 Å². The van der Waals surface area contributed by atoms with Crippen LogP contribution in [0.15, 0.2) is 24.3 Å². The van der Waals surface area contributed by atoms with E-state index < -0.39 is 15.4 Å². The van der Waals surface area contributed by atoms with Crippen molar-refractivity contribution in [2.24, 2.45) is 0 Å². The second-order valence-corrected chi connectivity index (χ2v) is 9.21. The van der Waals surface area contributed by atoms with Crippen LogP contribution in [0.5, 0.6) is 0 Å². The third-order valence-corrected chi connectivity index (χ3v) is 6.75. The average molecular weight is 368 g/mol. The molecule has 1 aliphatic heterocycles. The van der Waals surface area contributed by atoms with E-state index in [1.807, 2.05) is 0 Å². The van der Waals surface area contributed by atoms with Crippen molar-refractivity contribution in [1.82, 2.24) is 9.62 Å². The summed E-state index contributed by atoms with van der Waals surface area (Å²) in [5.41, 5.74) is 0.223. The van der Waals surface area contributed by atoms with Crippen LogP contribution < -0.4 is 5.32 Å². The number of piperidine rings is 1. The summed E-state index contributed by atoms with van der Waals surface area (Å²) in [7, 11) is -3.25. The predicted molar refractivity (Wildman–Crippen MR) is 94.1 cm³/mol. The van der Waals surface area contributed by atoms with E-state index in [-0.39, 0.29) is 17.8 Å². The zero-order chi connectivity index (χ0) is 18.1. The molecule has 0 spiro atoms. The highest BCUT2D eigenvalue weighted by molar-refractivity contribution is 7.88. The van der Waals surface area contributed by atoms with Gasteiger partial charge in [-0.1, -0.05) is 25.0 Å². The summed E-state index contributed by atoms with van der Waals surface area (Å²) < 4.78 is 38.2. The Morgan fingerprint density at radius 3 is 2.44 bits per heavy atom. The monoisotopic (exact) mass is 368 g/mol. The van der Waals surface area contributed by atoms with Crippen molar-refractivity contribution < 1.29 is 17.6 Å². The second-order valence-electron chi connectivity index (χ2n) is 7.23. The molecule has 1 amide bonds. The topological polar surface area (TPSA) is 66.5 Å². The van der Waals surface area contributed by atoms with Crippen LogP contribution in [-0.4, -0.2) is 44.0 Å². The van der Waals surface area contributed by atoms with Crippen molar-refractivity contribution in [3.63, 3.8) is 0 Å². The highest BCUT2D eigenvalue weighted by Crippen LogP contribution is 2.41. The molecular formula is C18H25FN2O3S. The lowest BCUT2D eigenvalue weighted by Gasteiger charge is -2.35. The first-order valence-electron chi connectivity index (χ1n) is 8.83. The lowest BCUT2D eigenvalue weighted by Crippen LogP contribution is -2.53. The van der Waals surface area contributed by atoms with Crippen LogP contribution in [0.25, 0.3) is 0 Å². The van der Waals surface area contributed by atoms with Crippen molar-refractivity contribution in [1.29, 1.82) is 0 Å². The van der Waals surface area contributed by atoms with Crippen molar-refractivity contribution in [2.75, 3.05) is 19.3 Å². The lowest BCUT2D eigenvalue weighted by atomic mass is 9.77. The van der Waals surface area contributed by atoms with Crippen LogP contribution in [0.3, 0.4) is 0 Å². The molecule has 0 radical (unpaired) electrons. The van der Waals surface area contributed by atoms with Crippen molar-refractivity contribution >= 4 is 15.9 Å². The lowest BCUT2D eigenvalue weighted by molar-refractivity contribution is -0.127. The number of sulfonamides is 1. The van der Waals surface area contributed by atoms with E-state index in [0.29, 0.717) is 13.1 Å². The van der Waals surface area contributed by atoms with Crippen LogP contribution in [0, 0.1) is 5.82 Å². The summed E-state index contributed by atoms with van der Waals surface area (Å²) in [6, 6.07) is 6.02. The van der Waals surface area contributed by atoms with E-state index in [1.54, 1.807) is 12.1 Å². The van der Waals surface area contributed by atoms with Gasteiger partial charge in [-0.05, 0) is 43.4 Å². The summed E-state index contributed by atoms with van der Waals surface area (Å²) in [5.74, 6) is -0.370. The fourth-order valence-corrected chi connectivity index (χ4v) is 4.99. The molecule has 5 nitrogen and oxygen atoms in total. The molecule has 1 saturated heterocycles. The number of benzene rings is 1. The minimum Gasteiger partial charge on any atom is -0.351 e. The van der Waals surface area contributed by atoms with E-state index in [1.165, 1.54) is 22.7 Å². The molecule has 1 aromatic carbocycles. The zero-order valence-corrected chi connectivity index (χ0v) is 15.3. The van der Waals surface area contributed by atoms with Gasteiger partial charge < -0.3 is 5.32 Å². The SMILES string of the molecule is CS(=O)(=O)N1CCC[C@@H](NC(=O)C2(c3ccc(F)cc3)CCCC2)C1. The van der Waals surface area contributed by atoms with Gasteiger partial charge in [0.25, 0.3) is 0 Å². The molecule has 1 aliphatic carbocycles. The summed E-state index contributed by atoms with van der Waals surface area (Å²) >= 11 is 0. The van der Waals surface area contributed by atoms with Crippen LogP contribution in [0.1, 0.15) is 44.1 Å². The fraction of sp³-hybridized carbons (Fsp3) is 0.611. The number of hydrogen-bond acceptors (Lipinski definition) is 3. The summed E-state index contributed by atoms with van der Waals surface area (Å²) in [6.45, 7) is 0.832. The van der Waals surface area contributed by atoms with Crippen LogP contribution in [0.4, 0.5) is 4.39 Å². The molecule has 3 rings (SSSR count). The van der Waals surface area contributed by atoms with Gasteiger partial charge in [0.1, 0.15) is 5.82 Å². The largest absolute Gasteiger partial charge is 0.351 e. The Morgan fingerprint density at radius 1 is 1.20 bits per heavy atom. The molecule has 1 aromatic rings. The molecule has 2 aliphatic rings. The molecule has 1 atom stereocenters. The Labute approximate surface area is 148 Å². The molecular weight excluding hydrogens is 343 g/mol. The standard InChI is InChI=1S/C18H25FN2O3S/c1-25(23,24)21-12-4-5-16(13-21)20-17(22)18(10-2-3-11-18)14-6-8-15(19)9-7-14/h6-9,16H,2-5,10-13H2,1H3,(H,20,22)/t16-/m1/s1. The van der Waals surface area contributed by atoms with Gasteiger partial charge in [0.15, 0.2) is 0 Å². The maximum Gasteiger partial charge on any atom is 0.230 e.